The summed E-state index contributed by atoms with van der Waals surface area (Å²) in [6, 6.07) is 0. The van der Waals surface area contributed by atoms with Gasteiger partial charge in [0.05, 0.1) is 30.4 Å². The molecule has 0 saturated carbocycles. The summed E-state index contributed by atoms with van der Waals surface area (Å²) >= 11 is 0. The van der Waals surface area contributed by atoms with Crippen molar-refractivity contribution in [3.8, 4) is 0 Å². The Morgan fingerprint density at radius 3 is 2.18 bits per heavy atom. The Bertz CT molecular complexity index is 2240. The van der Waals surface area contributed by atoms with Gasteiger partial charge in [-0.2, -0.15) is 8.42 Å². The van der Waals surface area contributed by atoms with E-state index in [1.54, 1.807) is 0 Å². The summed E-state index contributed by atoms with van der Waals surface area (Å²) in [5.74, 6) is 0. The van der Waals surface area contributed by atoms with Gasteiger partial charge in [-0.25, -0.2) is 13.8 Å². The highest BCUT2D eigenvalue weighted by atomic mass is 32.2. The summed E-state index contributed by atoms with van der Waals surface area (Å²) in [7, 11) is -9.62. The molecule has 0 amide bonds. The maximum Gasteiger partial charge on any atom is 0.333 e. The zero-order valence-corrected chi connectivity index (χ0v) is 37.5. The van der Waals surface area contributed by atoms with Crippen molar-refractivity contribution in [1.82, 2.24) is 18.7 Å². The molecule has 5 heterocycles. The Morgan fingerprint density at radius 2 is 1.63 bits per heavy atom. The van der Waals surface area contributed by atoms with E-state index in [0.29, 0.717) is 0 Å². The van der Waals surface area contributed by atoms with E-state index in [2.05, 4.69) is 25.8 Å². The number of aliphatic hydroxyl groups is 2. The zero-order chi connectivity index (χ0) is 42.8. The van der Waals surface area contributed by atoms with Crippen LogP contribution in [0.3, 0.4) is 0 Å². The van der Waals surface area contributed by atoms with Gasteiger partial charge in [0.1, 0.15) is 24.5 Å². The van der Waals surface area contributed by atoms with Gasteiger partial charge in [-0.05, 0) is 56.0 Å². The largest absolute Gasteiger partial charge is 0.414 e. The molecule has 21 heteroatoms. The molecule has 5 rings (SSSR count). The van der Waals surface area contributed by atoms with Gasteiger partial charge in [0.25, 0.3) is 21.2 Å². The van der Waals surface area contributed by atoms with Crippen molar-refractivity contribution in [1.29, 1.82) is 0 Å². The predicted octanol–water partition coefficient (Wildman–Crippen LogP) is 1.65. The highest BCUT2D eigenvalue weighted by Gasteiger charge is 2.67. The molecule has 5 N–H and O–H groups in total. The second kappa shape index (κ2) is 15.6. The molecule has 18 nitrogen and oxygen atoms in total. The highest BCUT2D eigenvalue weighted by Crippen LogP contribution is 2.52. The normalized spacial score (nSPS) is 28.1. The number of aliphatic hydroxyl groups excluding tert-OH is 2. The first-order valence-electron chi connectivity index (χ1n) is 19.1. The lowest BCUT2D eigenvalue weighted by Gasteiger charge is -2.43. The minimum atomic E-state index is -4.32. The van der Waals surface area contributed by atoms with E-state index in [4.69, 9.17) is 28.2 Å². The number of ether oxygens (including phenoxy) is 2. The van der Waals surface area contributed by atoms with Crippen molar-refractivity contribution >= 4 is 26.8 Å². The van der Waals surface area contributed by atoms with Gasteiger partial charge in [-0.1, -0.05) is 41.5 Å². The van der Waals surface area contributed by atoms with E-state index in [1.807, 2.05) is 47.0 Å². The van der Waals surface area contributed by atoms with E-state index < -0.39 is 103 Å². The van der Waals surface area contributed by atoms with Crippen LogP contribution in [-0.2, 0) is 45.6 Å². The first-order chi connectivity index (χ1) is 26.1. The fraction of sp³-hybridized carbons (Fsp3) is 0.722. The third-order valence-electron chi connectivity index (χ3n) is 12.3. The molecule has 2 fully saturated rings. The molecule has 57 heavy (non-hydrogen) atoms. The van der Waals surface area contributed by atoms with Crippen LogP contribution in [0.5, 0.6) is 0 Å². The molecule has 7 atom stereocenters. The van der Waals surface area contributed by atoms with Gasteiger partial charge >= 0.3 is 11.4 Å². The molecule has 3 aliphatic heterocycles. The minimum absolute atomic E-state index is 0.0151. The number of nitrogens with zero attached hydrogens (tertiary/aromatic N) is 3. The molecule has 0 aromatic carbocycles. The second-order valence-electron chi connectivity index (χ2n) is 18.3. The fourth-order valence-electron chi connectivity index (χ4n) is 6.75. The molecule has 0 unspecified atom stereocenters. The monoisotopic (exact) mass is 857 g/mol. The van der Waals surface area contributed by atoms with Crippen molar-refractivity contribution in [2.24, 2.45) is 5.73 Å². The number of H-pyrrole nitrogens is 1. The smallest absolute Gasteiger partial charge is 0.333 e. The summed E-state index contributed by atoms with van der Waals surface area (Å²) in [6.45, 7) is 21.0. The van der Waals surface area contributed by atoms with Crippen LogP contribution in [0.2, 0.25) is 36.3 Å². The minimum Gasteiger partial charge on any atom is -0.414 e. The summed E-state index contributed by atoms with van der Waals surface area (Å²) < 4.78 is 61.4. The van der Waals surface area contributed by atoms with E-state index in [0.717, 1.165) is 14.5 Å². The first kappa shape index (κ1) is 45.1. The molecule has 2 aromatic rings. The van der Waals surface area contributed by atoms with E-state index >= 15 is 0 Å². The molecule has 3 aliphatic rings. The average Bonchev–Trinajstić information content (AvgIpc) is 3.68. The van der Waals surface area contributed by atoms with Crippen LogP contribution >= 0.6 is 0 Å². The molecule has 2 saturated heterocycles. The van der Waals surface area contributed by atoms with Crippen molar-refractivity contribution in [3.05, 3.63) is 76.3 Å². The molecule has 0 radical (unpaired) electrons. The van der Waals surface area contributed by atoms with E-state index in [-0.39, 0.29) is 54.3 Å². The SMILES string of the molecule is Cc1cn([C@@H]2O[C@H](CO[Si](C)(C)C(C)(C)C)[C@@]3(OS(=O)(=O)C=C3N)[C@H]2O[Si](C)(C)C(C)(C)C)c(=O)n(CCCc2cn([C@H]3C[C@H](O)[C@@H](CO)O3)c(=O)[nH]c2=O)c1=O. The second-order valence-corrected chi connectivity index (χ2v) is 29.3. The molecule has 0 bridgehead atoms. The molecular weight excluding hydrogens is 799 g/mol. The summed E-state index contributed by atoms with van der Waals surface area (Å²) in [4.78, 5) is 55.8. The predicted molar refractivity (Wildman–Crippen MR) is 215 cm³/mol. The van der Waals surface area contributed by atoms with Crippen LogP contribution in [0, 0.1) is 6.92 Å². The number of aromatic amines is 1. The summed E-state index contributed by atoms with van der Waals surface area (Å²) in [5, 5.41) is 19.9. The Hall–Kier alpha value is -3.00. The molecule has 0 aliphatic carbocycles. The van der Waals surface area contributed by atoms with Gasteiger partial charge in [0.15, 0.2) is 28.5 Å². The number of aromatic nitrogens is 4. The first-order valence-corrected chi connectivity index (χ1v) is 26.4. The summed E-state index contributed by atoms with van der Waals surface area (Å²) in [6.07, 6.45) is -3.81. The van der Waals surface area contributed by atoms with Crippen LogP contribution in [0.1, 0.15) is 78.0 Å². The van der Waals surface area contributed by atoms with Crippen molar-refractivity contribution in [2.75, 3.05) is 13.2 Å². The average molecular weight is 858 g/mol. The Balaban J connectivity index is 1.55. The Labute approximate surface area is 333 Å². The quantitative estimate of drug-likeness (QED) is 0.175. The Kier molecular flexibility index (Phi) is 12.3. The molecule has 2 aromatic heterocycles. The van der Waals surface area contributed by atoms with Crippen molar-refractivity contribution in [3.63, 3.8) is 0 Å². The zero-order valence-electron chi connectivity index (χ0n) is 34.7. The van der Waals surface area contributed by atoms with Crippen LogP contribution in [0.25, 0.3) is 0 Å². The lowest BCUT2D eigenvalue weighted by molar-refractivity contribution is -0.0567. The number of rotatable bonds is 12. The van der Waals surface area contributed by atoms with E-state index in [1.165, 1.54) is 23.9 Å². The summed E-state index contributed by atoms with van der Waals surface area (Å²) in [5.41, 5.74) is 2.05. The fourth-order valence-corrected chi connectivity index (χ4v) is 10.3. The maximum absolute atomic E-state index is 14.5. The Morgan fingerprint density at radius 1 is 1.00 bits per heavy atom. The van der Waals surface area contributed by atoms with Crippen molar-refractivity contribution < 1.29 is 41.1 Å². The van der Waals surface area contributed by atoms with E-state index in [9.17, 15) is 37.8 Å². The van der Waals surface area contributed by atoms with Gasteiger partial charge in [0.2, 0.25) is 0 Å². The van der Waals surface area contributed by atoms with Crippen LogP contribution in [-0.4, -0.2) is 97.2 Å². The van der Waals surface area contributed by atoms with Crippen LogP contribution < -0.4 is 28.2 Å². The third-order valence-corrected chi connectivity index (χ3v) is 22.3. The number of nitrogens with two attached hydrogens (primary N) is 1. The van der Waals surface area contributed by atoms with Crippen LogP contribution in [0.4, 0.5) is 0 Å². The highest BCUT2D eigenvalue weighted by molar-refractivity contribution is 7.90. The third kappa shape index (κ3) is 8.55. The number of hydrogen-bond acceptors (Lipinski definition) is 14. The van der Waals surface area contributed by atoms with Gasteiger partial charge in [-0.15, -0.1) is 0 Å². The van der Waals surface area contributed by atoms with Gasteiger partial charge in [0, 0.05) is 36.5 Å². The van der Waals surface area contributed by atoms with Crippen molar-refractivity contribution in [2.45, 2.75) is 153 Å². The van der Waals surface area contributed by atoms with Gasteiger partial charge < -0.3 is 34.3 Å². The maximum atomic E-state index is 14.5. The lowest BCUT2D eigenvalue weighted by Crippen LogP contribution is -2.59. The van der Waals surface area contributed by atoms with Gasteiger partial charge in [-0.3, -0.25) is 28.3 Å². The number of nitrogens with one attached hydrogen (secondary N) is 1. The molecular formula is C36H59N5O13SSi2. The standard InChI is InChI=1S/C36H59N5O13SSi2/c1-21-16-41(33(47)39(30(21)45)14-12-13-22-17-40(32(46)38-29(22)44)27-15-23(43)24(18-42)51-27)31-28(53-57(10,11)35(5,6)7)36(25(37)20-55(48,49)54-36)26(52-31)19-50-56(8,9)34(2,3)4/h16-17,20,23-24,26-28,31,42-43H,12-15,18-19,37H2,1-11H3,(H,38,44,46)/t23-,24+,26+,27+,28-,31+,36+/m0/s1. The number of aryl methyl sites for hydroxylation is 2. The molecule has 1 spiro atoms. The van der Waals surface area contributed by atoms with Crippen LogP contribution in [0.15, 0.2) is 42.7 Å². The number of hydrogen-bond donors (Lipinski definition) is 4. The molecule has 320 valence electrons. The topological polar surface area (TPSA) is 246 Å². The lowest BCUT2D eigenvalue weighted by atomic mass is 9.89.